The zero-order valence-corrected chi connectivity index (χ0v) is 19.0. The van der Waals surface area contributed by atoms with E-state index in [1.807, 2.05) is 36.7 Å². The van der Waals surface area contributed by atoms with E-state index in [1.165, 1.54) is 0 Å². The molecule has 1 aliphatic carbocycles. The molecule has 12 heteroatoms. The van der Waals surface area contributed by atoms with Gasteiger partial charge in [-0.1, -0.05) is 0 Å². The minimum atomic E-state index is -0.561. The molecular formula is C23H22N10O2. The van der Waals surface area contributed by atoms with E-state index in [9.17, 15) is 9.59 Å². The summed E-state index contributed by atoms with van der Waals surface area (Å²) >= 11 is 0. The second kappa shape index (κ2) is 7.94. The first kappa shape index (κ1) is 20.8. The van der Waals surface area contributed by atoms with Gasteiger partial charge in [0.2, 0.25) is 11.9 Å². The number of rotatable bonds is 6. The van der Waals surface area contributed by atoms with Crippen molar-refractivity contribution in [2.45, 2.75) is 32.7 Å². The Hall–Kier alpha value is -4.74. The topological polar surface area (TPSA) is 143 Å². The molecular weight excluding hydrogens is 448 g/mol. The molecule has 1 saturated heterocycles. The number of hydrogen-bond donors (Lipinski definition) is 4. The molecule has 2 aliphatic rings. The number of nitrogens with zero attached hydrogens (tertiary/aromatic N) is 6. The van der Waals surface area contributed by atoms with Gasteiger partial charge >= 0.3 is 6.03 Å². The quantitative estimate of drug-likeness (QED) is 0.249. The SMILES string of the molecule is Cc1cc(Nc2nc(NC3CC3)n3ncc(/C=C4\NC(=O)NC4=O)c3n2)cc(-n2cnc(C)c2)c1. The lowest BCUT2D eigenvalue weighted by molar-refractivity contribution is -0.115. The first-order chi connectivity index (χ1) is 16.9. The van der Waals surface area contributed by atoms with E-state index >= 15 is 0 Å². The Morgan fingerprint density at radius 1 is 1.11 bits per heavy atom. The van der Waals surface area contributed by atoms with Gasteiger partial charge in [-0.25, -0.2) is 9.78 Å². The van der Waals surface area contributed by atoms with Crippen LogP contribution in [0.3, 0.4) is 0 Å². The second-order valence-electron chi connectivity index (χ2n) is 8.70. The van der Waals surface area contributed by atoms with Gasteiger partial charge in [-0.15, -0.1) is 0 Å². The number of aryl methyl sites for hydroxylation is 2. The Morgan fingerprint density at radius 2 is 1.97 bits per heavy atom. The maximum absolute atomic E-state index is 12.0. The van der Waals surface area contributed by atoms with Crippen molar-refractivity contribution in [3.63, 3.8) is 0 Å². The highest BCUT2D eigenvalue weighted by Crippen LogP contribution is 2.27. The van der Waals surface area contributed by atoms with Crippen LogP contribution in [0.25, 0.3) is 17.4 Å². The number of imidazole rings is 1. The summed E-state index contributed by atoms with van der Waals surface area (Å²) in [5.74, 6) is 0.418. The molecule has 12 nitrogen and oxygen atoms in total. The van der Waals surface area contributed by atoms with E-state index in [2.05, 4.69) is 47.4 Å². The van der Waals surface area contributed by atoms with Crippen LogP contribution in [-0.2, 0) is 4.79 Å². The Kier molecular flexibility index (Phi) is 4.73. The van der Waals surface area contributed by atoms with Gasteiger partial charge in [-0.2, -0.15) is 19.6 Å². The number of fused-ring (bicyclic) bond motifs is 1. The number of benzene rings is 1. The number of carbonyl (C=O) groups is 2. The molecule has 0 unspecified atom stereocenters. The van der Waals surface area contributed by atoms with Crippen LogP contribution in [0.2, 0.25) is 0 Å². The largest absolute Gasteiger partial charge is 0.351 e. The molecule has 2 fully saturated rings. The van der Waals surface area contributed by atoms with Gasteiger partial charge in [-0.05, 0) is 56.5 Å². The molecule has 1 aromatic carbocycles. The standard InChI is InChI=1S/C23H22N10O2/c1-12-5-16(8-17(6-12)32-10-13(2)24-11-32)26-21-29-19-14(7-18-20(34)30-23(35)28-18)9-25-33(19)22(31-21)27-15-3-4-15/h5-11,15H,3-4H2,1-2H3,(H2,26,27,29,31)(H2,28,30,34,35)/b18-7-. The van der Waals surface area contributed by atoms with E-state index in [-0.39, 0.29) is 5.70 Å². The maximum Gasteiger partial charge on any atom is 0.326 e. The zero-order valence-electron chi connectivity index (χ0n) is 19.0. The van der Waals surface area contributed by atoms with Crippen molar-refractivity contribution in [1.29, 1.82) is 0 Å². The third-order valence-electron chi connectivity index (χ3n) is 5.65. The zero-order chi connectivity index (χ0) is 24.1. The summed E-state index contributed by atoms with van der Waals surface area (Å²) in [4.78, 5) is 37.1. The fourth-order valence-electron chi connectivity index (χ4n) is 3.87. The predicted molar refractivity (Wildman–Crippen MR) is 128 cm³/mol. The van der Waals surface area contributed by atoms with Crippen LogP contribution in [0.15, 0.2) is 42.6 Å². The number of aromatic nitrogens is 6. The van der Waals surface area contributed by atoms with Crippen molar-refractivity contribution in [2.24, 2.45) is 0 Å². The lowest BCUT2D eigenvalue weighted by Gasteiger charge is -2.12. The molecule has 6 rings (SSSR count). The number of carbonyl (C=O) groups excluding carboxylic acids is 2. The summed E-state index contributed by atoms with van der Waals surface area (Å²) in [6.07, 6.45) is 8.99. The molecule has 35 heavy (non-hydrogen) atoms. The summed E-state index contributed by atoms with van der Waals surface area (Å²) in [7, 11) is 0. The smallest absolute Gasteiger partial charge is 0.326 e. The van der Waals surface area contributed by atoms with Crippen LogP contribution < -0.4 is 21.3 Å². The molecule has 0 atom stereocenters. The molecule has 4 heterocycles. The molecule has 0 bridgehead atoms. The number of anilines is 3. The average molecular weight is 470 g/mol. The van der Waals surface area contributed by atoms with Gasteiger partial charge in [0.15, 0.2) is 5.65 Å². The fraction of sp³-hybridized carbons (Fsp3) is 0.217. The van der Waals surface area contributed by atoms with Crippen molar-refractivity contribution in [1.82, 2.24) is 39.8 Å². The molecule has 1 saturated carbocycles. The van der Waals surface area contributed by atoms with E-state index in [0.29, 0.717) is 29.1 Å². The number of imide groups is 1. The van der Waals surface area contributed by atoms with Gasteiger partial charge in [-0.3, -0.25) is 10.1 Å². The van der Waals surface area contributed by atoms with Gasteiger partial charge in [0.05, 0.1) is 18.2 Å². The normalized spacial score (nSPS) is 16.6. The Morgan fingerprint density at radius 3 is 2.69 bits per heavy atom. The molecule has 176 valence electrons. The van der Waals surface area contributed by atoms with Crippen LogP contribution in [0, 0.1) is 13.8 Å². The molecule has 3 aromatic heterocycles. The molecule has 4 aromatic rings. The molecule has 0 spiro atoms. The average Bonchev–Trinajstić information content (AvgIpc) is 3.20. The highest BCUT2D eigenvalue weighted by molar-refractivity contribution is 6.14. The van der Waals surface area contributed by atoms with Crippen molar-refractivity contribution in [2.75, 3.05) is 10.6 Å². The van der Waals surface area contributed by atoms with Gasteiger partial charge in [0.1, 0.15) is 5.70 Å². The van der Waals surface area contributed by atoms with Crippen LogP contribution in [0.1, 0.15) is 29.7 Å². The summed E-state index contributed by atoms with van der Waals surface area (Å²) in [5, 5.41) is 15.8. The lowest BCUT2D eigenvalue weighted by atomic mass is 10.2. The van der Waals surface area contributed by atoms with E-state index in [4.69, 9.17) is 0 Å². The number of urea groups is 1. The summed E-state index contributed by atoms with van der Waals surface area (Å²) < 4.78 is 3.56. The summed E-state index contributed by atoms with van der Waals surface area (Å²) in [6.45, 7) is 3.97. The molecule has 3 amide bonds. The lowest BCUT2D eigenvalue weighted by Crippen LogP contribution is -2.22. The number of nitrogens with one attached hydrogen (secondary N) is 4. The first-order valence-corrected chi connectivity index (χ1v) is 11.2. The van der Waals surface area contributed by atoms with Crippen LogP contribution in [0.4, 0.5) is 22.4 Å². The summed E-state index contributed by atoms with van der Waals surface area (Å²) in [5.41, 5.74) is 4.96. The van der Waals surface area contributed by atoms with E-state index < -0.39 is 11.9 Å². The van der Waals surface area contributed by atoms with E-state index in [1.54, 1.807) is 23.1 Å². The van der Waals surface area contributed by atoms with Crippen molar-refractivity contribution >= 4 is 41.2 Å². The van der Waals surface area contributed by atoms with Gasteiger partial charge in [0, 0.05) is 29.2 Å². The Bertz CT molecular complexity index is 1530. The minimum Gasteiger partial charge on any atom is -0.351 e. The Labute approximate surface area is 199 Å². The molecule has 0 radical (unpaired) electrons. The van der Waals surface area contributed by atoms with Gasteiger partial charge in [0.25, 0.3) is 5.91 Å². The highest BCUT2D eigenvalue weighted by atomic mass is 16.2. The maximum atomic E-state index is 12.0. The number of hydrogen-bond acceptors (Lipinski definition) is 8. The number of amides is 3. The van der Waals surface area contributed by atoms with Gasteiger partial charge < -0.3 is 20.5 Å². The highest BCUT2D eigenvalue weighted by Gasteiger charge is 2.26. The minimum absolute atomic E-state index is 0.133. The first-order valence-electron chi connectivity index (χ1n) is 11.2. The third-order valence-corrected chi connectivity index (χ3v) is 5.65. The predicted octanol–water partition coefficient (Wildman–Crippen LogP) is 2.43. The van der Waals surface area contributed by atoms with Crippen LogP contribution in [0.5, 0.6) is 0 Å². The fourth-order valence-corrected chi connectivity index (χ4v) is 3.87. The van der Waals surface area contributed by atoms with E-state index in [0.717, 1.165) is 35.5 Å². The molecule has 1 aliphatic heterocycles. The second-order valence-corrected chi connectivity index (χ2v) is 8.70. The van der Waals surface area contributed by atoms with Crippen molar-refractivity contribution in [3.8, 4) is 5.69 Å². The van der Waals surface area contributed by atoms with Crippen LogP contribution >= 0.6 is 0 Å². The summed E-state index contributed by atoms with van der Waals surface area (Å²) in [6, 6.07) is 5.84. The van der Waals surface area contributed by atoms with Crippen LogP contribution in [-0.4, -0.2) is 47.1 Å². The molecule has 4 N–H and O–H groups in total. The van der Waals surface area contributed by atoms with Crippen molar-refractivity contribution < 1.29 is 9.59 Å². The third kappa shape index (κ3) is 4.16. The van der Waals surface area contributed by atoms with Crippen molar-refractivity contribution in [3.05, 3.63) is 59.4 Å². The monoisotopic (exact) mass is 470 g/mol. The Balaban J connectivity index is 1.40.